The van der Waals surface area contributed by atoms with Crippen molar-refractivity contribution in [2.24, 2.45) is 0 Å². The zero-order chi connectivity index (χ0) is 19.6. The van der Waals surface area contributed by atoms with E-state index in [9.17, 15) is 14.0 Å². The molecule has 1 amide bonds. The molecule has 9 heteroatoms. The van der Waals surface area contributed by atoms with E-state index in [1.807, 2.05) is 0 Å². The van der Waals surface area contributed by atoms with Crippen LogP contribution in [0.2, 0.25) is 0 Å². The van der Waals surface area contributed by atoms with E-state index in [1.165, 1.54) is 36.0 Å². The van der Waals surface area contributed by atoms with Gasteiger partial charge in [0, 0.05) is 17.0 Å². The lowest BCUT2D eigenvalue weighted by Gasteiger charge is -2.15. The third-order valence-electron chi connectivity index (χ3n) is 4.12. The summed E-state index contributed by atoms with van der Waals surface area (Å²) in [5, 5.41) is 6.46. The Morgan fingerprint density at radius 2 is 2.04 bits per heavy atom. The van der Waals surface area contributed by atoms with Crippen LogP contribution in [0, 0.1) is 19.7 Å². The van der Waals surface area contributed by atoms with Crippen LogP contribution in [0.5, 0.6) is 0 Å². The fourth-order valence-corrected chi connectivity index (χ4v) is 2.64. The van der Waals surface area contributed by atoms with Gasteiger partial charge in [0.1, 0.15) is 12.1 Å². The highest BCUT2D eigenvalue weighted by molar-refractivity contribution is 5.95. The average molecular weight is 371 g/mol. The van der Waals surface area contributed by atoms with Gasteiger partial charge < -0.3 is 10.1 Å². The van der Waals surface area contributed by atoms with E-state index in [4.69, 9.17) is 4.74 Å². The number of nitrogens with zero attached hydrogens (tertiary/aromatic N) is 4. The standard InChI is InChI=1S/C18H18FN5O3/c1-10-13(11(2)24-18(22-10)20-9-21-24)8-16(25)27-12(3)17(26)23-15-7-5-4-6-14(15)19/h4-7,9,12H,8H2,1-3H3,(H,23,26)/t12-/m1/s1. The van der Waals surface area contributed by atoms with Gasteiger partial charge in [0.25, 0.3) is 11.7 Å². The predicted molar refractivity (Wildman–Crippen MR) is 94.5 cm³/mol. The molecule has 27 heavy (non-hydrogen) atoms. The number of esters is 1. The molecule has 3 rings (SSSR count). The number of aromatic nitrogens is 4. The van der Waals surface area contributed by atoms with E-state index >= 15 is 0 Å². The topological polar surface area (TPSA) is 98.5 Å². The van der Waals surface area contributed by atoms with Crippen LogP contribution in [0.1, 0.15) is 23.9 Å². The minimum atomic E-state index is -1.08. The lowest BCUT2D eigenvalue weighted by atomic mass is 10.1. The summed E-state index contributed by atoms with van der Waals surface area (Å²) in [6.07, 6.45) is 0.227. The zero-order valence-electron chi connectivity index (χ0n) is 15.1. The van der Waals surface area contributed by atoms with Crippen molar-refractivity contribution in [2.75, 3.05) is 5.32 Å². The second-order valence-corrected chi connectivity index (χ2v) is 6.01. The third kappa shape index (κ3) is 3.91. The first-order valence-electron chi connectivity index (χ1n) is 8.27. The summed E-state index contributed by atoms with van der Waals surface area (Å²) in [4.78, 5) is 32.7. The minimum Gasteiger partial charge on any atom is -0.452 e. The summed E-state index contributed by atoms with van der Waals surface area (Å²) in [6.45, 7) is 4.98. The highest BCUT2D eigenvalue weighted by atomic mass is 19.1. The van der Waals surface area contributed by atoms with Crippen molar-refractivity contribution < 1.29 is 18.7 Å². The van der Waals surface area contributed by atoms with Crippen LogP contribution in [-0.2, 0) is 20.7 Å². The Balaban J connectivity index is 1.67. The molecule has 0 saturated heterocycles. The van der Waals surface area contributed by atoms with Gasteiger partial charge in [-0.25, -0.2) is 13.9 Å². The molecule has 1 aromatic carbocycles. The molecule has 3 aromatic rings. The molecule has 0 unspecified atom stereocenters. The number of para-hydroxylation sites is 1. The van der Waals surface area contributed by atoms with Gasteiger partial charge >= 0.3 is 5.97 Å². The van der Waals surface area contributed by atoms with Crippen LogP contribution in [-0.4, -0.2) is 37.6 Å². The summed E-state index contributed by atoms with van der Waals surface area (Å²) >= 11 is 0. The number of carbonyl (C=O) groups excluding carboxylic acids is 2. The molecule has 0 saturated carbocycles. The van der Waals surface area contributed by atoms with Crippen LogP contribution in [0.25, 0.3) is 5.78 Å². The number of ether oxygens (including phenoxy) is 1. The van der Waals surface area contributed by atoms with Crippen LogP contribution in [0.4, 0.5) is 10.1 Å². The average Bonchev–Trinajstić information content (AvgIpc) is 3.09. The largest absolute Gasteiger partial charge is 0.452 e. The fourth-order valence-electron chi connectivity index (χ4n) is 2.64. The molecule has 8 nitrogen and oxygen atoms in total. The Kier molecular flexibility index (Phi) is 5.11. The number of amides is 1. The number of anilines is 1. The zero-order valence-corrected chi connectivity index (χ0v) is 15.1. The van der Waals surface area contributed by atoms with Crippen molar-refractivity contribution in [1.29, 1.82) is 0 Å². The normalized spacial score (nSPS) is 12.0. The molecule has 1 N–H and O–H groups in total. The van der Waals surface area contributed by atoms with Crippen LogP contribution >= 0.6 is 0 Å². The molecule has 2 aromatic heterocycles. The van der Waals surface area contributed by atoms with Gasteiger partial charge in [0.05, 0.1) is 12.1 Å². The van der Waals surface area contributed by atoms with E-state index in [-0.39, 0.29) is 12.1 Å². The maximum absolute atomic E-state index is 13.6. The summed E-state index contributed by atoms with van der Waals surface area (Å²) in [5.74, 6) is -1.34. The van der Waals surface area contributed by atoms with Gasteiger partial charge in [-0.2, -0.15) is 10.1 Å². The minimum absolute atomic E-state index is 0.0259. The molecule has 0 aliphatic heterocycles. The van der Waals surface area contributed by atoms with Gasteiger partial charge in [-0.15, -0.1) is 0 Å². The Labute approximate surface area is 154 Å². The Morgan fingerprint density at radius 1 is 1.30 bits per heavy atom. The first-order chi connectivity index (χ1) is 12.9. The molecule has 2 heterocycles. The number of fused-ring (bicyclic) bond motifs is 1. The SMILES string of the molecule is Cc1nc2ncnn2c(C)c1CC(=O)O[C@H](C)C(=O)Nc1ccccc1F. The Hall–Kier alpha value is -3.36. The van der Waals surface area contributed by atoms with E-state index in [2.05, 4.69) is 20.4 Å². The van der Waals surface area contributed by atoms with E-state index in [0.29, 0.717) is 17.0 Å². The quantitative estimate of drug-likeness (QED) is 0.689. The highest BCUT2D eigenvalue weighted by Crippen LogP contribution is 2.16. The number of hydrogen-bond acceptors (Lipinski definition) is 6. The molecule has 0 spiro atoms. The monoisotopic (exact) mass is 371 g/mol. The smallest absolute Gasteiger partial charge is 0.311 e. The Morgan fingerprint density at radius 3 is 2.78 bits per heavy atom. The summed E-state index contributed by atoms with van der Waals surface area (Å²) in [5.41, 5.74) is 2.03. The number of aryl methyl sites for hydroxylation is 2. The van der Waals surface area contributed by atoms with Gasteiger partial charge in [-0.3, -0.25) is 9.59 Å². The first-order valence-corrected chi connectivity index (χ1v) is 8.27. The number of nitrogens with one attached hydrogen (secondary N) is 1. The molecular weight excluding hydrogens is 353 g/mol. The number of benzene rings is 1. The van der Waals surface area contributed by atoms with Crippen molar-refractivity contribution in [3.8, 4) is 0 Å². The number of halogens is 1. The number of hydrogen-bond donors (Lipinski definition) is 1. The first kappa shape index (κ1) is 18.4. The third-order valence-corrected chi connectivity index (χ3v) is 4.12. The molecule has 0 aliphatic carbocycles. The van der Waals surface area contributed by atoms with Gasteiger partial charge in [-0.1, -0.05) is 12.1 Å². The molecule has 1 atom stereocenters. The fraction of sp³-hybridized carbons (Fsp3) is 0.278. The van der Waals surface area contributed by atoms with Gasteiger partial charge in [0.15, 0.2) is 6.10 Å². The molecule has 0 fully saturated rings. The number of carbonyl (C=O) groups is 2. The van der Waals surface area contributed by atoms with Crippen molar-refractivity contribution in [3.63, 3.8) is 0 Å². The van der Waals surface area contributed by atoms with Crippen molar-refractivity contribution in [3.05, 3.63) is 53.4 Å². The van der Waals surface area contributed by atoms with Crippen molar-refractivity contribution >= 4 is 23.3 Å². The van der Waals surface area contributed by atoms with Crippen molar-refractivity contribution in [2.45, 2.75) is 33.3 Å². The lowest BCUT2D eigenvalue weighted by molar-refractivity contribution is -0.152. The number of rotatable bonds is 5. The maximum atomic E-state index is 13.6. The molecular formula is C18H18FN5O3. The predicted octanol–water partition coefficient (Wildman–Crippen LogP) is 1.99. The molecule has 0 radical (unpaired) electrons. The summed E-state index contributed by atoms with van der Waals surface area (Å²) in [7, 11) is 0. The molecule has 0 bridgehead atoms. The lowest BCUT2D eigenvalue weighted by Crippen LogP contribution is -2.31. The molecule has 140 valence electrons. The van der Waals surface area contributed by atoms with Crippen LogP contribution in [0.15, 0.2) is 30.6 Å². The van der Waals surface area contributed by atoms with Crippen molar-refractivity contribution in [1.82, 2.24) is 19.6 Å². The van der Waals surface area contributed by atoms with Crippen LogP contribution < -0.4 is 5.32 Å². The maximum Gasteiger partial charge on any atom is 0.311 e. The molecule has 0 aliphatic rings. The van der Waals surface area contributed by atoms with E-state index < -0.39 is 23.8 Å². The van der Waals surface area contributed by atoms with E-state index in [1.54, 1.807) is 19.9 Å². The second-order valence-electron chi connectivity index (χ2n) is 6.01. The summed E-state index contributed by atoms with van der Waals surface area (Å²) in [6, 6.07) is 5.76. The van der Waals surface area contributed by atoms with Gasteiger partial charge in [0.2, 0.25) is 0 Å². The Bertz CT molecular complexity index is 1020. The highest BCUT2D eigenvalue weighted by Gasteiger charge is 2.21. The van der Waals surface area contributed by atoms with E-state index in [0.717, 1.165) is 5.69 Å². The van der Waals surface area contributed by atoms with Crippen LogP contribution in [0.3, 0.4) is 0 Å². The van der Waals surface area contributed by atoms with Gasteiger partial charge in [-0.05, 0) is 32.9 Å². The second kappa shape index (κ2) is 7.48. The summed E-state index contributed by atoms with van der Waals surface area (Å²) < 4.78 is 20.3.